The molecule has 0 heterocycles. The summed E-state index contributed by atoms with van der Waals surface area (Å²) < 4.78 is 5.08. The van der Waals surface area contributed by atoms with Gasteiger partial charge in [-0.1, -0.05) is 17.7 Å². The molecule has 4 heteroatoms. The van der Waals surface area contributed by atoms with E-state index in [2.05, 4.69) is 5.32 Å². The fourth-order valence-corrected chi connectivity index (χ4v) is 1.84. The first-order chi connectivity index (χ1) is 8.58. The number of nitrogens with two attached hydrogens (primary N) is 1. The van der Waals surface area contributed by atoms with Crippen LogP contribution in [0.4, 0.5) is 0 Å². The van der Waals surface area contributed by atoms with Gasteiger partial charge in [-0.05, 0) is 38.4 Å². The third-order valence-corrected chi connectivity index (χ3v) is 2.86. The summed E-state index contributed by atoms with van der Waals surface area (Å²) in [6.07, 6.45) is 0.713. The van der Waals surface area contributed by atoms with Gasteiger partial charge >= 0.3 is 0 Å². The summed E-state index contributed by atoms with van der Waals surface area (Å²) >= 11 is 0. The van der Waals surface area contributed by atoms with Crippen LogP contribution in [0, 0.1) is 13.8 Å². The van der Waals surface area contributed by atoms with Crippen LogP contribution in [0.25, 0.3) is 0 Å². The maximum Gasteiger partial charge on any atom is 0.251 e. The molecular formula is C14H22N2O2. The number of hydrogen-bond donors (Lipinski definition) is 2. The van der Waals surface area contributed by atoms with Gasteiger partial charge in [0.15, 0.2) is 0 Å². The molecule has 1 unspecified atom stereocenters. The minimum Gasteiger partial charge on any atom is -0.383 e. The van der Waals surface area contributed by atoms with Gasteiger partial charge in [-0.3, -0.25) is 4.79 Å². The SMILES string of the molecule is COCC(CCN)NC(=O)c1cc(C)ccc1C. The largest absolute Gasteiger partial charge is 0.383 e. The van der Waals surface area contributed by atoms with Crippen molar-refractivity contribution in [1.82, 2.24) is 5.32 Å². The molecule has 0 aliphatic heterocycles. The number of hydrogen-bond acceptors (Lipinski definition) is 3. The minimum atomic E-state index is -0.0632. The predicted molar refractivity (Wildman–Crippen MR) is 72.7 cm³/mol. The summed E-state index contributed by atoms with van der Waals surface area (Å²) in [5.41, 5.74) is 8.29. The van der Waals surface area contributed by atoms with Crippen LogP contribution >= 0.6 is 0 Å². The van der Waals surface area contributed by atoms with Crippen LogP contribution in [-0.2, 0) is 4.74 Å². The van der Waals surface area contributed by atoms with Crippen LogP contribution in [0.5, 0.6) is 0 Å². The van der Waals surface area contributed by atoms with Gasteiger partial charge in [0.2, 0.25) is 0 Å². The van der Waals surface area contributed by atoms with E-state index in [9.17, 15) is 4.79 Å². The van der Waals surface area contributed by atoms with Crippen LogP contribution < -0.4 is 11.1 Å². The molecule has 0 aliphatic rings. The number of amides is 1. The van der Waals surface area contributed by atoms with E-state index in [1.54, 1.807) is 7.11 Å². The van der Waals surface area contributed by atoms with Gasteiger partial charge in [-0.2, -0.15) is 0 Å². The van der Waals surface area contributed by atoms with Gasteiger partial charge in [0, 0.05) is 12.7 Å². The summed E-state index contributed by atoms with van der Waals surface area (Å²) in [6, 6.07) is 5.82. The molecular weight excluding hydrogens is 228 g/mol. The summed E-state index contributed by atoms with van der Waals surface area (Å²) in [5, 5.41) is 2.96. The number of aryl methyl sites for hydroxylation is 2. The number of carbonyl (C=O) groups excluding carboxylic acids is 1. The molecule has 1 atom stereocenters. The Bertz CT molecular complexity index is 399. The topological polar surface area (TPSA) is 64.3 Å². The lowest BCUT2D eigenvalue weighted by Crippen LogP contribution is -2.39. The molecule has 0 saturated carbocycles. The van der Waals surface area contributed by atoms with E-state index in [1.165, 1.54) is 0 Å². The van der Waals surface area contributed by atoms with Crippen molar-refractivity contribution in [3.05, 3.63) is 34.9 Å². The molecule has 1 aromatic carbocycles. The molecule has 0 aromatic heterocycles. The van der Waals surface area contributed by atoms with E-state index in [1.807, 2.05) is 32.0 Å². The van der Waals surface area contributed by atoms with Crippen LogP contribution in [0.1, 0.15) is 27.9 Å². The third-order valence-electron chi connectivity index (χ3n) is 2.86. The predicted octanol–water partition coefficient (Wildman–Crippen LogP) is 1.40. The number of rotatable bonds is 6. The smallest absolute Gasteiger partial charge is 0.251 e. The molecule has 100 valence electrons. The van der Waals surface area contributed by atoms with Crippen LogP contribution in [-0.4, -0.2) is 32.2 Å². The number of carbonyl (C=O) groups is 1. The van der Waals surface area contributed by atoms with Crippen LogP contribution in [0.2, 0.25) is 0 Å². The monoisotopic (exact) mass is 250 g/mol. The second-order valence-corrected chi connectivity index (χ2v) is 4.52. The number of benzene rings is 1. The molecule has 0 fully saturated rings. The zero-order valence-corrected chi connectivity index (χ0v) is 11.3. The highest BCUT2D eigenvalue weighted by Gasteiger charge is 2.14. The van der Waals surface area contributed by atoms with Crippen molar-refractivity contribution >= 4 is 5.91 Å². The maximum absolute atomic E-state index is 12.2. The maximum atomic E-state index is 12.2. The Balaban J connectivity index is 2.76. The zero-order valence-electron chi connectivity index (χ0n) is 11.3. The average molecular weight is 250 g/mol. The van der Waals surface area contributed by atoms with Crippen molar-refractivity contribution in [3.8, 4) is 0 Å². The molecule has 1 rings (SSSR count). The molecule has 0 saturated heterocycles. The van der Waals surface area contributed by atoms with Gasteiger partial charge in [0.25, 0.3) is 5.91 Å². The quantitative estimate of drug-likeness (QED) is 0.802. The number of nitrogens with one attached hydrogen (secondary N) is 1. The van der Waals surface area contributed by atoms with E-state index < -0.39 is 0 Å². The van der Waals surface area contributed by atoms with Crippen molar-refractivity contribution in [1.29, 1.82) is 0 Å². The molecule has 3 N–H and O–H groups in total. The van der Waals surface area contributed by atoms with Gasteiger partial charge in [0.05, 0.1) is 12.6 Å². The molecule has 0 bridgehead atoms. The Hall–Kier alpha value is -1.39. The Morgan fingerprint density at radius 3 is 2.78 bits per heavy atom. The van der Waals surface area contributed by atoms with Gasteiger partial charge in [-0.15, -0.1) is 0 Å². The highest BCUT2D eigenvalue weighted by atomic mass is 16.5. The Morgan fingerprint density at radius 1 is 1.44 bits per heavy atom. The van der Waals surface area contributed by atoms with Crippen molar-refractivity contribution in [2.45, 2.75) is 26.3 Å². The lowest BCUT2D eigenvalue weighted by Gasteiger charge is -2.18. The number of methoxy groups -OCH3 is 1. The Labute approximate surface area is 109 Å². The van der Waals surface area contributed by atoms with E-state index in [0.29, 0.717) is 25.1 Å². The Morgan fingerprint density at radius 2 is 2.17 bits per heavy atom. The van der Waals surface area contributed by atoms with Gasteiger partial charge < -0.3 is 15.8 Å². The van der Waals surface area contributed by atoms with Crippen molar-refractivity contribution in [2.24, 2.45) is 5.73 Å². The second-order valence-electron chi connectivity index (χ2n) is 4.52. The highest BCUT2D eigenvalue weighted by molar-refractivity contribution is 5.96. The second kappa shape index (κ2) is 7.13. The average Bonchev–Trinajstić information content (AvgIpc) is 2.33. The third kappa shape index (κ3) is 4.13. The summed E-state index contributed by atoms with van der Waals surface area (Å²) in [5.74, 6) is -0.0632. The molecule has 0 radical (unpaired) electrons. The lowest BCUT2D eigenvalue weighted by atomic mass is 10.0. The molecule has 0 aliphatic carbocycles. The van der Waals surface area contributed by atoms with Crippen LogP contribution in [0.15, 0.2) is 18.2 Å². The summed E-state index contributed by atoms with van der Waals surface area (Å²) in [6.45, 7) is 4.92. The first-order valence-electron chi connectivity index (χ1n) is 6.15. The summed E-state index contributed by atoms with van der Waals surface area (Å²) in [4.78, 5) is 12.2. The lowest BCUT2D eigenvalue weighted by molar-refractivity contribution is 0.0892. The van der Waals surface area contributed by atoms with E-state index in [0.717, 1.165) is 11.1 Å². The minimum absolute atomic E-state index is 0.0348. The first kappa shape index (κ1) is 14.7. The molecule has 1 amide bonds. The summed E-state index contributed by atoms with van der Waals surface area (Å²) in [7, 11) is 1.62. The van der Waals surface area contributed by atoms with E-state index >= 15 is 0 Å². The van der Waals surface area contributed by atoms with Crippen molar-refractivity contribution in [3.63, 3.8) is 0 Å². The van der Waals surface area contributed by atoms with E-state index in [-0.39, 0.29) is 11.9 Å². The van der Waals surface area contributed by atoms with Crippen molar-refractivity contribution < 1.29 is 9.53 Å². The molecule has 18 heavy (non-hydrogen) atoms. The highest BCUT2D eigenvalue weighted by Crippen LogP contribution is 2.11. The zero-order chi connectivity index (χ0) is 13.5. The fourth-order valence-electron chi connectivity index (χ4n) is 1.84. The fraction of sp³-hybridized carbons (Fsp3) is 0.500. The molecule has 1 aromatic rings. The first-order valence-corrected chi connectivity index (χ1v) is 6.15. The number of ether oxygens (including phenoxy) is 1. The molecule has 0 spiro atoms. The standard InChI is InChI=1S/C14H22N2O2/c1-10-4-5-11(2)13(8-10)14(17)16-12(6-7-15)9-18-3/h4-5,8,12H,6-7,9,15H2,1-3H3,(H,16,17). The van der Waals surface area contributed by atoms with Crippen LogP contribution in [0.3, 0.4) is 0 Å². The normalized spacial score (nSPS) is 12.2. The van der Waals surface area contributed by atoms with Crippen molar-refractivity contribution in [2.75, 3.05) is 20.3 Å². The van der Waals surface area contributed by atoms with Gasteiger partial charge in [-0.25, -0.2) is 0 Å². The molecule has 4 nitrogen and oxygen atoms in total. The Kier molecular flexibility index (Phi) is 5.82. The van der Waals surface area contributed by atoms with Gasteiger partial charge in [0.1, 0.15) is 0 Å². The van der Waals surface area contributed by atoms with E-state index in [4.69, 9.17) is 10.5 Å².